The minimum atomic E-state index is -0.536. The van der Waals surface area contributed by atoms with E-state index in [4.69, 9.17) is 14.2 Å². The Kier molecular flexibility index (Phi) is 10.6. The summed E-state index contributed by atoms with van der Waals surface area (Å²) in [5.74, 6) is -0.977. The summed E-state index contributed by atoms with van der Waals surface area (Å²) < 4.78 is 30.0. The van der Waals surface area contributed by atoms with Crippen LogP contribution in [0, 0.1) is 12.7 Å². The molecular formula is C33H33FN2O6. The van der Waals surface area contributed by atoms with Gasteiger partial charge in [-0.15, -0.1) is 0 Å². The van der Waals surface area contributed by atoms with Crippen molar-refractivity contribution in [3.05, 3.63) is 95.4 Å². The molecule has 0 aliphatic rings. The van der Waals surface area contributed by atoms with E-state index in [-0.39, 0.29) is 44.3 Å². The number of Topliss-reactive ketones (excluding diaryl/α,β-unsaturated/α-hetero) is 1. The minimum Gasteiger partial charge on any atom is -0.488 e. The van der Waals surface area contributed by atoms with Gasteiger partial charge in [-0.2, -0.15) is 0 Å². The zero-order chi connectivity index (χ0) is 29.9. The van der Waals surface area contributed by atoms with Crippen molar-refractivity contribution < 1.29 is 33.0 Å². The molecule has 42 heavy (non-hydrogen) atoms. The maximum absolute atomic E-state index is 13.7. The molecule has 1 N–H and O–H groups in total. The monoisotopic (exact) mass is 572 g/mol. The van der Waals surface area contributed by atoms with E-state index in [0.717, 1.165) is 5.56 Å². The highest BCUT2D eigenvalue weighted by atomic mass is 19.1. The number of esters is 2. The van der Waals surface area contributed by atoms with E-state index < -0.39 is 11.9 Å². The molecule has 0 atom stereocenters. The first-order chi connectivity index (χ1) is 20.4. The zero-order valence-corrected chi connectivity index (χ0v) is 23.7. The molecule has 3 aromatic carbocycles. The summed E-state index contributed by atoms with van der Waals surface area (Å²) in [5, 5.41) is 3.97. The van der Waals surface area contributed by atoms with E-state index in [1.165, 1.54) is 18.3 Å². The van der Waals surface area contributed by atoms with Crippen molar-refractivity contribution in [1.29, 1.82) is 0 Å². The molecule has 1 heterocycles. The lowest BCUT2D eigenvalue weighted by Gasteiger charge is -2.17. The lowest BCUT2D eigenvalue weighted by atomic mass is 10.0. The summed E-state index contributed by atoms with van der Waals surface area (Å²) in [6.07, 6.45) is 2.38. The first-order valence-corrected chi connectivity index (χ1v) is 13.8. The van der Waals surface area contributed by atoms with Crippen LogP contribution in [0.3, 0.4) is 0 Å². The van der Waals surface area contributed by atoms with Crippen molar-refractivity contribution >= 4 is 40.0 Å². The van der Waals surface area contributed by atoms with E-state index in [1.807, 2.05) is 43.3 Å². The largest absolute Gasteiger partial charge is 0.488 e. The molecular weight excluding hydrogens is 539 g/mol. The lowest BCUT2D eigenvalue weighted by molar-refractivity contribution is -0.151. The fourth-order valence-electron chi connectivity index (χ4n) is 4.32. The molecule has 0 bridgehead atoms. The average molecular weight is 573 g/mol. The van der Waals surface area contributed by atoms with Gasteiger partial charge in [-0.05, 0) is 48.7 Å². The van der Waals surface area contributed by atoms with Gasteiger partial charge in [0.25, 0.3) is 0 Å². The molecule has 0 amide bonds. The highest BCUT2D eigenvalue weighted by molar-refractivity contribution is 6.09. The topological polar surface area (TPSA) is 104 Å². The second-order valence-electron chi connectivity index (χ2n) is 9.67. The molecule has 4 rings (SSSR count). The molecule has 0 aliphatic heterocycles. The number of ketones is 1. The normalized spacial score (nSPS) is 10.7. The van der Waals surface area contributed by atoms with Crippen LogP contribution in [0.1, 0.15) is 54.1 Å². The Morgan fingerprint density at radius 3 is 2.38 bits per heavy atom. The van der Waals surface area contributed by atoms with Crippen molar-refractivity contribution in [3.63, 3.8) is 0 Å². The van der Waals surface area contributed by atoms with Gasteiger partial charge in [-0.3, -0.25) is 19.4 Å². The maximum atomic E-state index is 13.7. The Hall–Kier alpha value is -4.79. The number of hydrogen-bond donors (Lipinski definition) is 1. The predicted octanol–water partition coefficient (Wildman–Crippen LogP) is 6.85. The summed E-state index contributed by atoms with van der Waals surface area (Å²) in [5.41, 5.74) is 3.72. The van der Waals surface area contributed by atoms with Gasteiger partial charge < -0.3 is 19.5 Å². The second kappa shape index (κ2) is 14.7. The molecule has 0 spiro atoms. The van der Waals surface area contributed by atoms with E-state index in [9.17, 15) is 18.8 Å². The van der Waals surface area contributed by atoms with Gasteiger partial charge in [0.15, 0.2) is 5.78 Å². The molecule has 0 saturated heterocycles. The molecule has 4 aromatic rings. The third-order valence-corrected chi connectivity index (χ3v) is 6.47. The first kappa shape index (κ1) is 30.2. The van der Waals surface area contributed by atoms with Gasteiger partial charge in [-0.1, -0.05) is 49.4 Å². The highest BCUT2D eigenvalue weighted by Crippen LogP contribution is 2.35. The van der Waals surface area contributed by atoms with Crippen LogP contribution in [0.15, 0.2) is 72.9 Å². The number of para-hydroxylation sites is 1. The fraction of sp³-hybridized carbons (Fsp3) is 0.273. The Bertz CT molecular complexity index is 1560. The third kappa shape index (κ3) is 8.13. The van der Waals surface area contributed by atoms with Crippen molar-refractivity contribution in [2.24, 2.45) is 0 Å². The Labute approximate surface area is 243 Å². The van der Waals surface area contributed by atoms with Crippen molar-refractivity contribution in [2.75, 3.05) is 18.5 Å². The summed E-state index contributed by atoms with van der Waals surface area (Å²) in [7, 11) is 0. The number of anilines is 2. The molecule has 0 radical (unpaired) electrons. The number of halogens is 1. The molecule has 1 aromatic heterocycles. The molecule has 0 fully saturated rings. The average Bonchev–Trinajstić information content (AvgIpc) is 2.99. The van der Waals surface area contributed by atoms with Crippen molar-refractivity contribution in [2.45, 2.75) is 46.1 Å². The zero-order valence-electron chi connectivity index (χ0n) is 23.7. The molecule has 8 nitrogen and oxygen atoms in total. The molecule has 0 saturated carbocycles. The molecule has 0 unspecified atom stereocenters. The van der Waals surface area contributed by atoms with Gasteiger partial charge in [0, 0.05) is 23.7 Å². The number of rotatable bonds is 14. The number of nitrogens with zero attached hydrogens (tertiary/aromatic N) is 1. The number of benzene rings is 3. The van der Waals surface area contributed by atoms with Gasteiger partial charge >= 0.3 is 11.9 Å². The van der Waals surface area contributed by atoms with Crippen LogP contribution in [-0.2, 0) is 25.7 Å². The molecule has 218 valence electrons. The van der Waals surface area contributed by atoms with Crippen LogP contribution in [-0.4, -0.2) is 35.9 Å². The number of fused-ring (bicyclic) bond motifs is 1. The summed E-state index contributed by atoms with van der Waals surface area (Å²) >= 11 is 0. The van der Waals surface area contributed by atoms with Crippen molar-refractivity contribution in [3.8, 4) is 5.75 Å². The number of ether oxygens (including phenoxy) is 3. The van der Waals surface area contributed by atoms with E-state index in [0.29, 0.717) is 52.0 Å². The third-order valence-electron chi connectivity index (χ3n) is 6.47. The highest BCUT2D eigenvalue weighted by Gasteiger charge is 2.18. The number of nitrogens with one attached hydrogen (secondary N) is 1. The maximum Gasteiger partial charge on any atom is 0.306 e. The van der Waals surface area contributed by atoms with Crippen LogP contribution in [0.25, 0.3) is 10.9 Å². The smallest absolute Gasteiger partial charge is 0.306 e. The summed E-state index contributed by atoms with van der Waals surface area (Å²) in [4.78, 5) is 41.5. The van der Waals surface area contributed by atoms with E-state index in [1.54, 1.807) is 25.1 Å². The fourth-order valence-corrected chi connectivity index (χ4v) is 4.32. The SMILES string of the molecule is CCCC(=O)c1cnc2c(OCCOC(=O)CCC(=O)OCc3ccccc3)cccc2c1Nc1ccc(F)cc1C. The predicted molar refractivity (Wildman–Crippen MR) is 157 cm³/mol. The number of aromatic nitrogens is 1. The van der Waals surface area contributed by atoms with Crippen LogP contribution in [0.2, 0.25) is 0 Å². The number of carbonyl (C=O) groups is 3. The van der Waals surface area contributed by atoms with Gasteiger partial charge in [0.1, 0.15) is 36.9 Å². The molecule has 9 heteroatoms. The van der Waals surface area contributed by atoms with Crippen LogP contribution in [0.4, 0.5) is 15.8 Å². The van der Waals surface area contributed by atoms with Crippen LogP contribution < -0.4 is 10.1 Å². The van der Waals surface area contributed by atoms with Gasteiger partial charge in [0.2, 0.25) is 0 Å². The Morgan fingerprint density at radius 2 is 1.64 bits per heavy atom. The van der Waals surface area contributed by atoms with Crippen LogP contribution in [0.5, 0.6) is 5.75 Å². The number of pyridine rings is 1. The second-order valence-corrected chi connectivity index (χ2v) is 9.67. The minimum absolute atomic E-state index is 0.0266. The number of aryl methyl sites for hydroxylation is 1. The number of hydrogen-bond acceptors (Lipinski definition) is 8. The quantitative estimate of drug-likeness (QED) is 0.0994. The van der Waals surface area contributed by atoms with E-state index in [2.05, 4.69) is 10.3 Å². The van der Waals surface area contributed by atoms with Crippen molar-refractivity contribution in [1.82, 2.24) is 4.98 Å². The van der Waals surface area contributed by atoms with Gasteiger partial charge in [0.05, 0.1) is 24.1 Å². The lowest BCUT2D eigenvalue weighted by Crippen LogP contribution is -2.14. The standard InChI is InChI=1S/C33H33FN2O6/c1-3-8-28(37)26-20-35-33-25(32(26)36-27-14-13-24(34)19-22(27)2)11-7-12-29(33)40-17-18-41-30(38)15-16-31(39)42-21-23-9-5-4-6-10-23/h4-7,9-14,19-20H,3,8,15-18,21H2,1-2H3,(H,35,36). The van der Waals surface area contributed by atoms with Crippen LogP contribution >= 0.6 is 0 Å². The van der Waals surface area contributed by atoms with Gasteiger partial charge in [-0.25, -0.2) is 4.39 Å². The summed E-state index contributed by atoms with van der Waals surface area (Å²) in [6, 6.07) is 19.0. The van der Waals surface area contributed by atoms with E-state index >= 15 is 0 Å². The summed E-state index contributed by atoms with van der Waals surface area (Å²) in [6.45, 7) is 3.89. The Morgan fingerprint density at radius 1 is 0.881 bits per heavy atom. The molecule has 0 aliphatic carbocycles. The number of carbonyl (C=O) groups excluding carboxylic acids is 3. The first-order valence-electron chi connectivity index (χ1n) is 13.8. The Balaban J connectivity index is 1.37.